The minimum absolute atomic E-state index is 0.0252. The molecule has 0 amide bonds. The molecule has 0 radical (unpaired) electrons. The zero-order valence-corrected chi connectivity index (χ0v) is 16.4. The second-order valence-corrected chi connectivity index (χ2v) is 7.76. The van der Waals surface area contributed by atoms with E-state index in [1.807, 2.05) is 36.5 Å². The monoisotopic (exact) mass is 401 g/mol. The van der Waals surface area contributed by atoms with Crippen LogP contribution >= 0.6 is 0 Å². The number of aliphatic hydroxyl groups excluding tert-OH is 2. The van der Waals surface area contributed by atoms with Crippen molar-refractivity contribution in [1.29, 1.82) is 0 Å². The van der Waals surface area contributed by atoms with Crippen molar-refractivity contribution >= 4 is 11.9 Å². The zero-order chi connectivity index (χ0) is 20.5. The van der Waals surface area contributed by atoms with Gasteiger partial charge in [-0.3, -0.25) is 4.99 Å². The van der Waals surface area contributed by atoms with E-state index in [0.29, 0.717) is 12.8 Å². The number of aliphatic imine (C=N–C) groups is 1. The first-order valence-corrected chi connectivity index (χ1v) is 10.2. The van der Waals surface area contributed by atoms with E-state index >= 15 is 0 Å². The third-order valence-electron chi connectivity index (χ3n) is 5.91. The molecule has 1 saturated heterocycles. The van der Waals surface area contributed by atoms with Gasteiger partial charge in [0.05, 0.1) is 30.2 Å². The van der Waals surface area contributed by atoms with Gasteiger partial charge in [0, 0.05) is 24.1 Å². The molecular weight excluding hydrogens is 378 g/mol. The number of rotatable bonds is 4. The molecule has 3 aromatic rings. The van der Waals surface area contributed by atoms with Crippen molar-refractivity contribution in [3.63, 3.8) is 0 Å². The summed E-state index contributed by atoms with van der Waals surface area (Å²) in [4.78, 5) is 13.7. The maximum Gasteiger partial charge on any atom is 0.116 e. The van der Waals surface area contributed by atoms with Crippen LogP contribution in [0.4, 0.5) is 5.69 Å². The number of hydrogen-bond acceptors (Lipinski definition) is 6. The van der Waals surface area contributed by atoms with Crippen LogP contribution in [0.2, 0.25) is 0 Å². The van der Waals surface area contributed by atoms with Gasteiger partial charge in [0.1, 0.15) is 18.1 Å². The van der Waals surface area contributed by atoms with E-state index in [1.165, 1.54) is 0 Å². The summed E-state index contributed by atoms with van der Waals surface area (Å²) in [5, 5.41) is 19.6. The number of aromatic nitrogens is 2. The van der Waals surface area contributed by atoms with Gasteiger partial charge >= 0.3 is 0 Å². The van der Waals surface area contributed by atoms with Crippen LogP contribution in [-0.2, 0) is 4.74 Å². The molecule has 2 aliphatic rings. The lowest BCUT2D eigenvalue weighted by molar-refractivity contribution is -0.0285. The number of ether oxygens (including phenoxy) is 1. The summed E-state index contributed by atoms with van der Waals surface area (Å²) in [6, 6.07) is 18.5. The van der Waals surface area contributed by atoms with Crippen LogP contribution in [0.15, 0.2) is 65.9 Å². The fourth-order valence-electron chi connectivity index (χ4n) is 4.36. The van der Waals surface area contributed by atoms with Crippen molar-refractivity contribution in [3.8, 4) is 22.4 Å². The Morgan fingerprint density at radius 2 is 1.77 bits per heavy atom. The van der Waals surface area contributed by atoms with Gasteiger partial charge in [-0.2, -0.15) is 0 Å². The highest BCUT2D eigenvalue weighted by Gasteiger charge is 2.40. The first kappa shape index (κ1) is 19.1. The Morgan fingerprint density at radius 1 is 0.967 bits per heavy atom. The molecular formula is C24H23N3O3. The van der Waals surface area contributed by atoms with Gasteiger partial charge in [0.15, 0.2) is 0 Å². The van der Waals surface area contributed by atoms with Crippen LogP contribution in [0.3, 0.4) is 0 Å². The second-order valence-electron chi connectivity index (χ2n) is 7.76. The van der Waals surface area contributed by atoms with Crippen molar-refractivity contribution in [2.45, 2.75) is 37.1 Å². The molecule has 2 aromatic carbocycles. The van der Waals surface area contributed by atoms with Crippen molar-refractivity contribution < 1.29 is 14.9 Å². The van der Waals surface area contributed by atoms with E-state index in [0.717, 1.165) is 33.8 Å². The van der Waals surface area contributed by atoms with E-state index < -0.39 is 12.2 Å². The number of fused-ring (bicyclic) bond motifs is 1. The van der Waals surface area contributed by atoms with E-state index in [2.05, 4.69) is 39.2 Å². The summed E-state index contributed by atoms with van der Waals surface area (Å²) < 4.78 is 5.92. The minimum Gasteiger partial charge on any atom is -0.394 e. The Balaban J connectivity index is 1.52. The highest BCUT2D eigenvalue weighted by molar-refractivity contribution is 5.82. The van der Waals surface area contributed by atoms with Gasteiger partial charge in [0.25, 0.3) is 0 Å². The Morgan fingerprint density at radius 3 is 2.57 bits per heavy atom. The standard InChI is InChI=1S/C24H23N3O3/c28-13-21-19(29)12-20(30-21)18-9-10-25-24-22(26-14-27-23(18)24)17-8-4-7-16(11-17)15-5-2-1-3-6-15/h1-8,10-11,14,18-21,28-29H,9,12-13H2/t18-,19+,20?,21-/m1/s1. The van der Waals surface area contributed by atoms with Crippen LogP contribution in [0, 0.1) is 0 Å². The van der Waals surface area contributed by atoms with Gasteiger partial charge in [-0.25, -0.2) is 9.97 Å². The quantitative estimate of drug-likeness (QED) is 0.699. The Hall–Kier alpha value is -2.93. The average Bonchev–Trinajstić information content (AvgIpc) is 3.19. The molecule has 1 unspecified atom stereocenters. The van der Waals surface area contributed by atoms with Crippen LogP contribution in [0.25, 0.3) is 22.4 Å². The van der Waals surface area contributed by atoms with Crippen molar-refractivity contribution in [3.05, 3.63) is 66.6 Å². The minimum atomic E-state index is -0.661. The maximum atomic E-state index is 10.2. The molecule has 152 valence electrons. The molecule has 3 heterocycles. The molecule has 6 nitrogen and oxygen atoms in total. The lowest BCUT2D eigenvalue weighted by atomic mass is 9.88. The molecule has 4 atom stereocenters. The molecule has 1 fully saturated rings. The van der Waals surface area contributed by atoms with Crippen LogP contribution in [0.5, 0.6) is 0 Å². The van der Waals surface area contributed by atoms with Gasteiger partial charge in [-0.1, -0.05) is 48.5 Å². The van der Waals surface area contributed by atoms with Crippen molar-refractivity contribution in [2.24, 2.45) is 4.99 Å². The predicted molar refractivity (Wildman–Crippen MR) is 115 cm³/mol. The summed E-state index contributed by atoms with van der Waals surface area (Å²) in [5.41, 5.74) is 5.62. The van der Waals surface area contributed by atoms with E-state index in [-0.39, 0.29) is 18.6 Å². The van der Waals surface area contributed by atoms with Gasteiger partial charge < -0.3 is 14.9 Å². The Bertz CT molecular complexity index is 1070. The number of benzene rings is 2. The predicted octanol–water partition coefficient (Wildman–Crippen LogP) is 3.51. The number of nitrogens with zero attached hydrogens (tertiary/aromatic N) is 3. The fraction of sp³-hybridized carbons (Fsp3) is 0.292. The highest BCUT2D eigenvalue weighted by Crippen LogP contribution is 2.42. The molecule has 0 saturated carbocycles. The molecule has 1 aromatic heterocycles. The average molecular weight is 401 g/mol. The van der Waals surface area contributed by atoms with Crippen LogP contribution in [-0.4, -0.2) is 51.3 Å². The van der Waals surface area contributed by atoms with E-state index in [4.69, 9.17) is 4.74 Å². The second kappa shape index (κ2) is 8.07. The van der Waals surface area contributed by atoms with Crippen LogP contribution < -0.4 is 0 Å². The van der Waals surface area contributed by atoms with Gasteiger partial charge in [-0.05, 0) is 23.6 Å². The lowest BCUT2D eigenvalue weighted by Gasteiger charge is -2.26. The largest absolute Gasteiger partial charge is 0.394 e. The van der Waals surface area contributed by atoms with Crippen LogP contribution in [0.1, 0.15) is 24.5 Å². The Kier molecular flexibility index (Phi) is 5.12. The first-order chi connectivity index (χ1) is 14.7. The third kappa shape index (κ3) is 3.43. The summed E-state index contributed by atoms with van der Waals surface area (Å²) in [7, 11) is 0. The van der Waals surface area contributed by atoms with Gasteiger partial charge in [0.2, 0.25) is 0 Å². The maximum absolute atomic E-state index is 10.2. The molecule has 2 aliphatic heterocycles. The Labute approximate surface area is 174 Å². The van der Waals surface area contributed by atoms with Crippen molar-refractivity contribution in [2.75, 3.05) is 6.61 Å². The smallest absolute Gasteiger partial charge is 0.116 e. The molecule has 0 aliphatic carbocycles. The SMILES string of the molecule is OC[C@H]1OC([C@H]2CC=Nc3c(-c4cccc(-c5ccccc5)c4)ncnc32)C[C@@H]1O. The number of aliphatic hydroxyl groups is 2. The zero-order valence-electron chi connectivity index (χ0n) is 16.4. The topological polar surface area (TPSA) is 87.8 Å². The fourth-order valence-corrected chi connectivity index (χ4v) is 4.36. The van der Waals surface area contributed by atoms with Gasteiger partial charge in [-0.15, -0.1) is 0 Å². The number of hydrogen-bond donors (Lipinski definition) is 2. The normalized spacial score (nSPS) is 25.3. The summed E-state index contributed by atoms with van der Waals surface area (Å²) >= 11 is 0. The molecule has 0 bridgehead atoms. The molecule has 6 heteroatoms. The van der Waals surface area contributed by atoms with E-state index in [9.17, 15) is 10.2 Å². The summed E-state index contributed by atoms with van der Waals surface area (Å²) in [6.45, 7) is -0.188. The van der Waals surface area contributed by atoms with E-state index in [1.54, 1.807) is 6.33 Å². The summed E-state index contributed by atoms with van der Waals surface area (Å²) in [6.07, 6.45) is 3.21. The first-order valence-electron chi connectivity index (χ1n) is 10.2. The third-order valence-corrected chi connectivity index (χ3v) is 5.91. The molecule has 5 rings (SSSR count). The highest BCUT2D eigenvalue weighted by atomic mass is 16.5. The summed E-state index contributed by atoms with van der Waals surface area (Å²) in [5.74, 6) is -0.0252. The lowest BCUT2D eigenvalue weighted by Crippen LogP contribution is -2.25. The molecule has 2 N–H and O–H groups in total. The molecule has 0 spiro atoms. The van der Waals surface area contributed by atoms with Crippen molar-refractivity contribution in [1.82, 2.24) is 9.97 Å². The molecule has 30 heavy (non-hydrogen) atoms.